The average molecular weight is 448 g/mol. The number of nitrogens with one attached hydrogen (secondary N) is 3. The molecule has 0 spiro atoms. The molecule has 1 saturated carbocycles. The number of guanidine groups is 1. The predicted octanol–water partition coefficient (Wildman–Crippen LogP) is 0.525. The number of hydrogen-bond donors (Lipinski definition) is 3. The number of hydrogen-bond acceptors (Lipinski definition) is 4. The largest absolute Gasteiger partial charge is 0.381 e. The summed E-state index contributed by atoms with van der Waals surface area (Å²) >= 11 is 0. The van der Waals surface area contributed by atoms with E-state index in [1.165, 1.54) is 12.8 Å². The zero-order valence-electron chi connectivity index (χ0n) is 13.4. The van der Waals surface area contributed by atoms with Crippen LogP contribution in [-0.4, -0.2) is 60.5 Å². The first kappa shape index (κ1) is 21.9. The van der Waals surface area contributed by atoms with Gasteiger partial charge in [-0.3, -0.25) is 4.99 Å². The smallest absolute Gasteiger partial charge is 0.208 e. The highest BCUT2D eigenvalue weighted by molar-refractivity contribution is 14.0. The van der Waals surface area contributed by atoms with E-state index in [0.29, 0.717) is 19.5 Å². The number of aliphatic imine (C=N–C) groups is 1. The third kappa shape index (κ3) is 13.5. The fraction of sp³-hybridized carbons (Fsp3) is 0.923. The molecule has 1 aliphatic carbocycles. The number of rotatable bonds is 11. The molecule has 3 N–H and O–H groups in total. The van der Waals surface area contributed by atoms with Crippen LogP contribution in [0.4, 0.5) is 0 Å². The summed E-state index contributed by atoms with van der Waals surface area (Å²) < 4.78 is 29.8. The molecule has 0 aromatic rings. The fourth-order valence-electron chi connectivity index (χ4n) is 1.69. The quantitative estimate of drug-likeness (QED) is 0.186. The highest BCUT2D eigenvalue weighted by Crippen LogP contribution is 2.28. The van der Waals surface area contributed by atoms with Crippen molar-refractivity contribution in [1.82, 2.24) is 15.4 Å². The molecule has 0 bridgehead atoms. The van der Waals surface area contributed by atoms with Gasteiger partial charge in [0.05, 0.1) is 6.26 Å². The lowest BCUT2D eigenvalue weighted by Gasteiger charge is -2.12. The second-order valence-corrected chi connectivity index (χ2v) is 7.15. The van der Waals surface area contributed by atoms with Gasteiger partial charge in [-0.1, -0.05) is 0 Å². The van der Waals surface area contributed by atoms with Gasteiger partial charge in [0.1, 0.15) is 0 Å². The van der Waals surface area contributed by atoms with Gasteiger partial charge in [-0.15, -0.1) is 24.0 Å². The van der Waals surface area contributed by atoms with Gasteiger partial charge in [0.2, 0.25) is 10.0 Å². The SMILES string of the molecule is CN=C(NCCCNS(C)(=O)=O)NCCCOCC1CC1.I. The summed E-state index contributed by atoms with van der Waals surface area (Å²) in [6.07, 6.45) is 5.46. The van der Waals surface area contributed by atoms with Gasteiger partial charge in [0, 0.05) is 39.9 Å². The number of sulfonamides is 1. The molecule has 0 heterocycles. The van der Waals surface area contributed by atoms with Crippen molar-refractivity contribution < 1.29 is 13.2 Å². The molecule has 132 valence electrons. The van der Waals surface area contributed by atoms with Crippen LogP contribution in [-0.2, 0) is 14.8 Å². The molecular weight excluding hydrogens is 419 g/mol. The van der Waals surface area contributed by atoms with Crippen molar-refractivity contribution in [2.45, 2.75) is 25.7 Å². The first-order valence-corrected chi connectivity index (χ1v) is 9.37. The lowest BCUT2D eigenvalue weighted by atomic mass is 10.4. The van der Waals surface area contributed by atoms with E-state index in [-0.39, 0.29) is 24.0 Å². The Morgan fingerprint density at radius 1 is 1.18 bits per heavy atom. The van der Waals surface area contributed by atoms with Crippen LogP contribution in [0.1, 0.15) is 25.7 Å². The lowest BCUT2D eigenvalue weighted by Crippen LogP contribution is -2.39. The van der Waals surface area contributed by atoms with Crippen LogP contribution in [0.25, 0.3) is 0 Å². The van der Waals surface area contributed by atoms with E-state index in [4.69, 9.17) is 4.74 Å². The highest BCUT2D eigenvalue weighted by Gasteiger charge is 2.20. The van der Waals surface area contributed by atoms with Crippen molar-refractivity contribution in [3.63, 3.8) is 0 Å². The molecule has 0 atom stereocenters. The molecule has 1 rings (SSSR count). The summed E-state index contributed by atoms with van der Waals surface area (Å²) in [4.78, 5) is 4.11. The topological polar surface area (TPSA) is 91.8 Å². The predicted molar refractivity (Wildman–Crippen MR) is 100 cm³/mol. The van der Waals surface area contributed by atoms with Crippen molar-refractivity contribution in [2.24, 2.45) is 10.9 Å². The Morgan fingerprint density at radius 2 is 1.82 bits per heavy atom. The summed E-state index contributed by atoms with van der Waals surface area (Å²) in [6, 6.07) is 0. The second kappa shape index (κ2) is 12.3. The van der Waals surface area contributed by atoms with E-state index in [1.807, 2.05) is 0 Å². The van der Waals surface area contributed by atoms with Gasteiger partial charge >= 0.3 is 0 Å². The standard InChI is InChI=1S/C13H28N4O3S.HI/c1-14-13(15-7-3-9-17-21(2,18)19)16-8-4-10-20-11-12-5-6-12;/h12,17H,3-11H2,1-2H3,(H2,14,15,16);1H. The van der Waals surface area contributed by atoms with Crippen LogP contribution in [0.3, 0.4) is 0 Å². The normalized spacial score (nSPS) is 15.3. The van der Waals surface area contributed by atoms with E-state index in [1.54, 1.807) is 7.05 Å². The maximum Gasteiger partial charge on any atom is 0.208 e. The number of halogens is 1. The van der Waals surface area contributed by atoms with Crippen molar-refractivity contribution in [1.29, 1.82) is 0 Å². The van der Waals surface area contributed by atoms with Crippen molar-refractivity contribution in [3.05, 3.63) is 0 Å². The Hall–Kier alpha value is -0.130. The van der Waals surface area contributed by atoms with E-state index in [9.17, 15) is 8.42 Å². The summed E-state index contributed by atoms with van der Waals surface area (Å²) in [7, 11) is -1.38. The van der Waals surface area contributed by atoms with Crippen LogP contribution in [0.2, 0.25) is 0 Å². The molecule has 1 fully saturated rings. The highest BCUT2D eigenvalue weighted by atomic mass is 127. The van der Waals surface area contributed by atoms with E-state index in [0.717, 1.165) is 44.3 Å². The monoisotopic (exact) mass is 448 g/mol. The van der Waals surface area contributed by atoms with Crippen molar-refractivity contribution in [3.8, 4) is 0 Å². The first-order valence-electron chi connectivity index (χ1n) is 7.48. The van der Waals surface area contributed by atoms with Gasteiger partial charge in [-0.2, -0.15) is 0 Å². The Balaban J connectivity index is 0.00000441. The summed E-state index contributed by atoms with van der Waals surface area (Å²) in [5.41, 5.74) is 0. The Bertz CT molecular complexity index is 414. The third-order valence-corrected chi connectivity index (χ3v) is 3.77. The molecule has 1 aliphatic rings. The van der Waals surface area contributed by atoms with Gasteiger partial charge in [-0.25, -0.2) is 13.1 Å². The fourth-order valence-corrected chi connectivity index (χ4v) is 2.20. The summed E-state index contributed by atoms with van der Waals surface area (Å²) in [5.74, 6) is 1.55. The Labute approximate surface area is 151 Å². The van der Waals surface area contributed by atoms with E-state index >= 15 is 0 Å². The molecule has 22 heavy (non-hydrogen) atoms. The van der Waals surface area contributed by atoms with Gasteiger partial charge < -0.3 is 15.4 Å². The Morgan fingerprint density at radius 3 is 2.36 bits per heavy atom. The van der Waals surface area contributed by atoms with Gasteiger partial charge in [-0.05, 0) is 31.6 Å². The molecule has 0 aromatic carbocycles. The maximum atomic E-state index is 10.9. The lowest BCUT2D eigenvalue weighted by molar-refractivity contribution is 0.123. The zero-order valence-corrected chi connectivity index (χ0v) is 16.6. The molecule has 7 nitrogen and oxygen atoms in total. The minimum atomic E-state index is -3.09. The second-order valence-electron chi connectivity index (χ2n) is 5.32. The van der Waals surface area contributed by atoms with Gasteiger partial charge in [0.25, 0.3) is 0 Å². The molecular formula is C13H29IN4O3S. The van der Waals surface area contributed by atoms with Crippen molar-refractivity contribution in [2.75, 3.05) is 46.2 Å². The van der Waals surface area contributed by atoms with Crippen LogP contribution in [0.5, 0.6) is 0 Å². The number of ether oxygens (including phenoxy) is 1. The molecule has 0 radical (unpaired) electrons. The van der Waals surface area contributed by atoms with E-state index in [2.05, 4.69) is 20.3 Å². The minimum absolute atomic E-state index is 0. The van der Waals surface area contributed by atoms with Crippen molar-refractivity contribution >= 4 is 40.0 Å². The van der Waals surface area contributed by atoms with Crippen LogP contribution >= 0.6 is 24.0 Å². The summed E-state index contributed by atoms with van der Waals surface area (Å²) in [6.45, 7) is 3.59. The number of nitrogens with zero attached hydrogens (tertiary/aromatic N) is 1. The Kier molecular flexibility index (Phi) is 12.2. The maximum absolute atomic E-state index is 10.9. The summed E-state index contributed by atoms with van der Waals surface area (Å²) in [5, 5.41) is 6.34. The minimum Gasteiger partial charge on any atom is -0.381 e. The first-order chi connectivity index (χ1) is 10.0. The molecule has 0 unspecified atom stereocenters. The van der Waals surface area contributed by atoms with Crippen LogP contribution in [0, 0.1) is 5.92 Å². The zero-order chi connectivity index (χ0) is 15.6. The molecule has 0 saturated heterocycles. The average Bonchev–Trinajstić information content (AvgIpc) is 3.22. The molecule has 0 aliphatic heterocycles. The van der Waals surface area contributed by atoms with Gasteiger partial charge in [0.15, 0.2) is 5.96 Å². The molecule has 0 aromatic heterocycles. The van der Waals surface area contributed by atoms with Crippen LogP contribution < -0.4 is 15.4 Å². The van der Waals surface area contributed by atoms with Crippen LogP contribution in [0.15, 0.2) is 4.99 Å². The molecule has 0 amide bonds. The third-order valence-electron chi connectivity index (χ3n) is 3.04. The molecule has 9 heteroatoms. The van der Waals surface area contributed by atoms with E-state index < -0.39 is 10.0 Å².